The number of pyridine rings is 1. The average Bonchev–Trinajstić information content (AvgIpc) is 2.87. The molecule has 0 bridgehead atoms. The molecule has 5 rings (SSSR count). The van der Waals surface area contributed by atoms with Crippen molar-refractivity contribution in [3.63, 3.8) is 0 Å². The molecular weight excluding hydrogens is 505 g/mol. The summed E-state index contributed by atoms with van der Waals surface area (Å²) < 4.78 is 12.9. The van der Waals surface area contributed by atoms with Crippen molar-refractivity contribution in [1.29, 1.82) is 0 Å². The van der Waals surface area contributed by atoms with E-state index in [0.717, 1.165) is 36.9 Å². The van der Waals surface area contributed by atoms with Gasteiger partial charge in [0, 0.05) is 55.2 Å². The van der Waals surface area contributed by atoms with Gasteiger partial charge >= 0.3 is 6.09 Å². The summed E-state index contributed by atoms with van der Waals surface area (Å²) in [6, 6.07) is 12.3. The van der Waals surface area contributed by atoms with Gasteiger partial charge in [0.25, 0.3) is 5.56 Å². The maximum Gasteiger partial charge on any atom is 0.407 e. The van der Waals surface area contributed by atoms with Crippen LogP contribution in [0.25, 0.3) is 10.9 Å². The lowest BCUT2D eigenvalue weighted by atomic mass is 10.0. The molecule has 10 heteroatoms. The molecule has 1 amide bonds. The molecule has 3 heterocycles. The Labute approximate surface area is 218 Å². The average molecular weight is 532 g/mol. The fraction of sp³-hybridized carbons (Fsp3) is 0.385. The van der Waals surface area contributed by atoms with E-state index in [1.54, 1.807) is 16.7 Å². The third-order valence-electron chi connectivity index (χ3n) is 6.87. The van der Waals surface area contributed by atoms with Gasteiger partial charge in [-0.25, -0.2) is 4.79 Å². The van der Waals surface area contributed by atoms with Crippen LogP contribution in [-0.2, 0) is 13.1 Å². The van der Waals surface area contributed by atoms with Crippen molar-refractivity contribution in [2.24, 2.45) is 0 Å². The number of halogens is 2. The first-order valence-electron chi connectivity index (χ1n) is 12.0. The van der Waals surface area contributed by atoms with E-state index < -0.39 is 6.09 Å². The predicted octanol–water partition coefficient (Wildman–Crippen LogP) is 4.72. The first kappa shape index (κ1) is 24.7. The van der Waals surface area contributed by atoms with Crippen molar-refractivity contribution in [1.82, 2.24) is 14.4 Å². The molecule has 0 spiro atoms. The molecular formula is C26H27Cl2N3O5. The Balaban J connectivity index is 1.22. The maximum atomic E-state index is 12.6. The van der Waals surface area contributed by atoms with Crippen molar-refractivity contribution in [2.75, 3.05) is 32.8 Å². The monoisotopic (exact) mass is 531 g/mol. The van der Waals surface area contributed by atoms with Crippen LogP contribution in [0, 0.1) is 0 Å². The second-order valence-electron chi connectivity index (χ2n) is 9.10. The van der Waals surface area contributed by atoms with Crippen LogP contribution >= 0.6 is 23.2 Å². The van der Waals surface area contributed by atoms with Crippen molar-refractivity contribution >= 4 is 40.2 Å². The SMILES string of the molecule is O=C(O)N(Cc1ccc2c(c1)OCCO2)C1CCN(CCn2c(=O)cc(Cl)c3ccc(Cl)cc32)CC1. The van der Waals surface area contributed by atoms with Crippen molar-refractivity contribution in [3.8, 4) is 11.5 Å². The van der Waals surface area contributed by atoms with E-state index >= 15 is 0 Å². The molecule has 0 radical (unpaired) electrons. The van der Waals surface area contributed by atoms with E-state index in [0.29, 0.717) is 59.9 Å². The molecule has 0 aliphatic carbocycles. The van der Waals surface area contributed by atoms with Crippen LogP contribution in [0.2, 0.25) is 10.0 Å². The fourth-order valence-electron chi connectivity index (χ4n) is 4.98. The number of carbonyl (C=O) groups is 1. The number of piperidine rings is 1. The highest BCUT2D eigenvalue weighted by Crippen LogP contribution is 2.32. The predicted molar refractivity (Wildman–Crippen MR) is 139 cm³/mol. The number of amides is 1. The number of aromatic nitrogens is 1. The van der Waals surface area contributed by atoms with E-state index in [2.05, 4.69) is 4.90 Å². The Morgan fingerprint density at radius 1 is 1.00 bits per heavy atom. The molecule has 190 valence electrons. The molecule has 0 unspecified atom stereocenters. The minimum atomic E-state index is -0.931. The molecule has 2 aliphatic heterocycles. The van der Waals surface area contributed by atoms with E-state index in [9.17, 15) is 14.7 Å². The lowest BCUT2D eigenvalue weighted by Crippen LogP contribution is -2.47. The molecule has 1 aromatic heterocycles. The Bertz CT molecular complexity index is 1340. The summed E-state index contributed by atoms with van der Waals surface area (Å²) in [6.07, 6.45) is 0.511. The molecule has 3 aromatic rings. The van der Waals surface area contributed by atoms with Gasteiger partial charge in [0.1, 0.15) is 13.2 Å². The maximum absolute atomic E-state index is 12.6. The van der Waals surface area contributed by atoms with Gasteiger partial charge in [0.2, 0.25) is 0 Å². The first-order valence-corrected chi connectivity index (χ1v) is 12.7. The largest absolute Gasteiger partial charge is 0.486 e. The van der Waals surface area contributed by atoms with Crippen LogP contribution in [0.3, 0.4) is 0 Å². The number of rotatable bonds is 6. The van der Waals surface area contributed by atoms with Crippen molar-refractivity contribution in [3.05, 3.63) is 68.4 Å². The van der Waals surface area contributed by atoms with Crippen molar-refractivity contribution in [2.45, 2.75) is 32.0 Å². The Kier molecular flexibility index (Phi) is 7.27. The van der Waals surface area contributed by atoms with Crippen molar-refractivity contribution < 1.29 is 19.4 Å². The first-order chi connectivity index (χ1) is 17.4. The van der Waals surface area contributed by atoms with Crippen LogP contribution in [-0.4, -0.2) is 64.5 Å². The van der Waals surface area contributed by atoms with Crippen LogP contribution in [0.5, 0.6) is 11.5 Å². The van der Waals surface area contributed by atoms with Gasteiger partial charge in [-0.1, -0.05) is 29.3 Å². The van der Waals surface area contributed by atoms with Gasteiger partial charge in [-0.15, -0.1) is 0 Å². The topological polar surface area (TPSA) is 84.2 Å². The summed E-state index contributed by atoms with van der Waals surface area (Å²) in [6.45, 7) is 3.96. The summed E-state index contributed by atoms with van der Waals surface area (Å²) in [5, 5.41) is 11.7. The summed E-state index contributed by atoms with van der Waals surface area (Å²) in [7, 11) is 0. The highest BCUT2D eigenvalue weighted by molar-refractivity contribution is 6.36. The number of likely N-dealkylation sites (tertiary alicyclic amines) is 1. The second-order valence-corrected chi connectivity index (χ2v) is 9.95. The van der Waals surface area contributed by atoms with Gasteiger partial charge in [-0.05, 0) is 48.7 Å². The number of nitrogens with zero attached hydrogens (tertiary/aromatic N) is 3. The molecule has 0 atom stereocenters. The molecule has 36 heavy (non-hydrogen) atoms. The molecule has 0 saturated carbocycles. The number of carboxylic acid groups (broad SMARTS) is 1. The zero-order valence-corrected chi connectivity index (χ0v) is 21.2. The number of benzene rings is 2. The molecule has 2 aliphatic rings. The summed E-state index contributed by atoms with van der Waals surface area (Å²) >= 11 is 12.4. The zero-order chi connectivity index (χ0) is 25.2. The van der Waals surface area contributed by atoms with Gasteiger partial charge in [-0.2, -0.15) is 0 Å². The van der Waals surface area contributed by atoms with E-state index in [-0.39, 0.29) is 11.6 Å². The lowest BCUT2D eigenvalue weighted by Gasteiger charge is -2.37. The minimum absolute atomic E-state index is 0.0789. The fourth-order valence-corrected chi connectivity index (χ4v) is 5.39. The molecule has 1 N–H and O–H groups in total. The third kappa shape index (κ3) is 5.26. The smallest absolute Gasteiger partial charge is 0.407 e. The number of hydrogen-bond donors (Lipinski definition) is 1. The number of ether oxygens (including phenoxy) is 2. The summed E-state index contributed by atoms with van der Waals surface area (Å²) in [5.41, 5.74) is 1.42. The highest BCUT2D eigenvalue weighted by Gasteiger charge is 2.28. The quantitative estimate of drug-likeness (QED) is 0.495. The minimum Gasteiger partial charge on any atom is -0.486 e. The second kappa shape index (κ2) is 10.6. The molecule has 1 saturated heterocycles. The van der Waals surface area contributed by atoms with Crippen LogP contribution in [0.15, 0.2) is 47.3 Å². The van der Waals surface area contributed by atoms with E-state index in [1.807, 2.05) is 24.3 Å². The van der Waals surface area contributed by atoms with Gasteiger partial charge in [-0.3, -0.25) is 4.79 Å². The number of fused-ring (bicyclic) bond motifs is 2. The van der Waals surface area contributed by atoms with E-state index in [4.69, 9.17) is 32.7 Å². The molecule has 1 fully saturated rings. The molecule has 2 aromatic carbocycles. The highest BCUT2D eigenvalue weighted by atomic mass is 35.5. The van der Waals surface area contributed by atoms with Crippen LogP contribution in [0.1, 0.15) is 18.4 Å². The zero-order valence-electron chi connectivity index (χ0n) is 19.7. The summed E-state index contributed by atoms with van der Waals surface area (Å²) in [5.74, 6) is 1.35. The standard InChI is InChI=1S/C26H27Cl2N3O5/c27-18-2-3-20-21(28)15-25(32)30(22(20)14-18)10-9-29-7-5-19(6-8-29)31(26(33)34)16-17-1-4-23-24(13-17)36-12-11-35-23/h1-4,13-15,19H,5-12,16H2,(H,33,34). The lowest BCUT2D eigenvalue weighted by molar-refractivity contribution is 0.0856. The van der Waals surface area contributed by atoms with Crippen LogP contribution in [0.4, 0.5) is 4.79 Å². The van der Waals surface area contributed by atoms with Gasteiger partial charge < -0.3 is 28.9 Å². The van der Waals surface area contributed by atoms with Gasteiger partial charge in [0.15, 0.2) is 11.5 Å². The van der Waals surface area contributed by atoms with E-state index in [1.165, 1.54) is 11.0 Å². The Morgan fingerprint density at radius 3 is 2.50 bits per heavy atom. The van der Waals surface area contributed by atoms with Crippen LogP contribution < -0.4 is 15.0 Å². The number of hydrogen-bond acceptors (Lipinski definition) is 5. The van der Waals surface area contributed by atoms with Gasteiger partial charge in [0.05, 0.1) is 10.5 Å². The normalized spacial score (nSPS) is 16.3. The third-order valence-corrected chi connectivity index (χ3v) is 7.41. The summed E-state index contributed by atoms with van der Waals surface area (Å²) in [4.78, 5) is 28.5. The molecule has 8 nitrogen and oxygen atoms in total. The Morgan fingerprint density at radius 2 is 1.75 bits per heavy atom. The Hall–Kier alpha value is -2.94.